The maximum absolute atomic E-state index is 11.2. The van der Waals surface area contributed by atoms with E-state index in [0.29, 0.717) is 6.35 Å². The summed E-state index contributed by atoms with van der Waals surface area (Å²) in [6, 6.07) is 0. The van der Waals surface area contributed by atoms with Crippen molar-refractivity contribution in [1.29, 1.82) is 0 Å². The van der Waals surface area contributed by atoms with Crippen molar-refractivity contribution in [2.24, 2.45) is 0 Å². The highest BCUT2D eigenvalue weighted by molar-refractivity contribution is 7.62. The Morgan fingerprint density at radius 2 is 2.45 bits per heavy atom. The standard InChI is InChI=1S/C7H12BO2P/c1-11(2,9)5-10-7-3-6(7)4-8/h4,7H,3,5H2,1-2H3/b6-4+. The zero-order chi connectivity index (χ0) is 8.48. The van der Waals surface area contributed by atoms with Crippen LogP contribution in [0.4, 0.5) is 0 Å². The van der Waals surface area contributed by atoms with Crippen LogP contribution in [0.5, 0.6) is 0 Å². The Morgan fingerprint density at radius 1 is 1.82 bits per heavy atom. The highest BCUT2D eigenvalue weighted by atomic mass is 31.2. The maximum Gasteiger partial charge on any atom is 0.106 e. The predicted molar refractivity (Wildman–Crippen MR) is 47.6 cm³/mol. The lowest BCUT2D eigenvalue weighted by Gasteiger charge is -2.05. The van der Waals surface area contributed by atoms with Gasteiger partial charge in [0.25, 0.3) is 0 Å². The average Bonchev–Trinajstić information content (AvgIpc) is 2.60. The Kier molecular flexibility index (Phi) is 2.61. The molecule has 0 heterocycles. The third-order valence-corrected chi connectivity index (χ3v) is 2.25. The summed E-state index contributed by atoms with van der Waals surface area (Å²) >= 11 is 0. The number of hydrogen-bond acceptors (Lipinski definition) is 2. The summed E-state index contributed by atoms with van der Waals surface area (Å²) in [6.45, 7) is 3.45. The molecule has 2 nitrogen and oxygen atoms in total. The van der Waals surface area contributed by atoms with Crippen LogP contribution in [0.3, 0.4) is 0 Å². The lowest BCUT2D eigenvalue weighted by atomic mass is 10.1. The van der Waals surface area contributed by atoms with Crippen LogP contribution in [0.2, 0.25) is 0 Å². The van der Waals surface area contributed by atoms with Crippen molar-refractivity contribution in [3.8, 4) is 0 Å². The van der Waals surface area contributed by atoms with Crippen LogP contribution in [0, 0.1) is 0 Å². The monoisotopic (exact) mass is 170 g/mol. The number of ether oxygens (including phenoxy) is 1. The van der Waals surface area contributed by atoms with E-state index >= 15 is 0 Å². The van der Waals surface area contributed by atoms with Gasteiger partial charge in [-0.3, -0.25) is 0 Å². The number of hydrogen-bond donors (Lipinski definition) is 0. The molecule has 0 N–H and O–H groups in total. The third-order valence-electron chi connectivity index (χ3n) is 1.48. The molecule has 0 aromatic heterocycles. The SMILES string of the molecule is [B]/C=C1\CC1OCP(C)(C)=O. The van der Waals surface area contributed by atoms with Gasteiger partial charge >= 0.3 is 0 Å². The van der Waals surface area contributed by atoms with Gasteiger partial charge in [-0.25, -0.2) is 0 Å². The molecule has 0 spiro atoms. The van der Waals surface area contributed by atoms with Gasteiger partial charge in [0.1, 0.15) is 15.0 Å². The molecular formula is C7H12BO2P. The smallest absolute Gasteiger partial charge is 0.106 e. The van der Waals surface area contributed by atoms with Crippen molar-refractivity contribution >= 4 is 15.0 Å². The van der Waals surface area contributed by atoms with Crippen molar-refractivity contribution in [2.45, 2.75) is 12.5 Å². The van der Waals surface area contributed by atoms with Crippen LogP contribution in [0.25, 0.3) is 0 Å². The highest BCUT2D eigenvalue weighted by Gasteiger charge is 2.30. The molecule has 11 heavy (non-hydrogen) atoms. The molecular weight excluding hydrogens is 158 g/mol. The fraction of sp³-hybridized carbons (Fsp3) is 0.714. The topological polar surface area (TPSA) is 26.3 Å². The van der Waals surface area contributed by atoms with E-state index in [9.17, 15) is 4.57 Å². The third kappa shape index (κ3) is 3.26. The Morgan fingerprint density at radius 3 is 2.82 bits per heavy atom. The van der Waals surface area contributed by atoms with E-state index in [-0.39, 0.29) is 6.10 Å². The first-order chi connectivity index (χ1) is 5.03. The van der Waals surface area contributed by atoms with Crippen molar-refractivity contribution in [3.05, 3.63) is 11.5 Å². The summed E-state index contributed by atoms with van der Waals surface area (Å²) in [5.41, 5.74) is 1.12. The van der Waals surface area contributed by atoms with Gasteiger partial charge in [0.05, 0.1) is 12.5 Å². The molecule has 0 aromatic rings. The fourth-order valence-electron chi connectivity index (χ4n) is 0.766. The molecule has 2 radical (unpaired) electrons. The largest absolute Gasteiger partial charge is 0.366 e. The second-order valence-corrected chi connectivity index (χ2v) is 6.71. The summed E-state index contributed by atoms with van der Waals surface area (Å²) in [5, 5.41) is 0. The van der Waals surface area contributed by atoms with Gasteiger partial charge in [-0.05, 0) is 13.3 Å². The molecule has 1 saturated carbocycles. The molecule has 4 heteroatoms. The summed E-state index contributed by atoms with van der Waals surface area (Å²) in [7, 11) is 3.25. The van der Waals surface area contributed by atoms with E-state index in [2.05, 4.69) is 0 Å². The van der Waals surface area contributed by atoms with E-state index in [0.717, 1.165) is 12.0 Å². The first kappa shape index (κ1) is 9.09. The van der Waals surface area contributed by atoms with Gasteiger partial charge in [-0.2, -0.15) is 0 Å². The summed E-state index contributed by atoms with van der Waals surface area (Å²) < 4.78 is 16.5. The molecule has 1 atom stereocenters. The lowest BCUT2D eigenvalue weighted by molar-refractivity contribution is 0.170. The second kappa shape index (κ2) is 3.16. The molecule has 1 aliphatic carbocycles. The maximum atomic E-state index is 11.2. The minimum atomic E-state index is -2.01. The second-order valence-electron chi connectivity index (χ2n) is 3.30. The van der Waals surface area contributed by atoms with Crippen LogP contribution in [-0.2, 0) is 9.30 Å². The Hall–Kier alpha value is -0.00506. The van der Waals surface area contributed by atoms with E-state index in [1.54, 1.807) is 19.3 Å². The molecule has 0 saturated heterocycles. The molecule has 1 rings (SSSR count). The number of rotatable bonds is 3. The minimum Gasteiger partial charge on any atom is -0.366 e. The molecule has 0 bridgehead atoms. The van der Waals surface area contributed by atoms with E-state index in [4.69, 9.17) is 12.6 Å². The quantitative estimate of drug-likeness (QED) is 0.472. The van der Waals surface area contributed by atoms with Gasteiger partial charge in [-0.1, -0.05) is 5.57 Å². The van der Waals surface area contributed by atoms with Gasteiger partial charge in [0.15, 0.2) is 0 Å². The molecule has 0 amide bonds. The van der Waals surface area contributed by atoms with Gasteiger partial charge in [-0.15, -0.1) is 5.98 Å². The van der Waals surface area contributed by atoms with Gasteiger partial charge in [0, 0.05) is 6.42 Å². The average molecular weight is 170 g/mol. The zero-order valence-corrected chi connectivity index (χ0v) is 7.80. The van der Waals surface area contributed by atoms with Crippen molar-refractivity contribution in [1.82, 2.24) is 0 Å². The van der Waals surface area contributed by atoms with Crippen LogP contribution in [0.1, 0.15) is 6.42 Å². The Balaban J connectivity index is 2.21. The van der Waals surface area contributed by atoms with E-state index in [1.165, 1.54) is 0 Å². The fourth-order valence-corrected chi connectivity index (χ4v) is 1.30. The minimum absolute atomic E-state index is 0.160. The molecule has 0 aliphatic heterocycles. The van der Waals surface area contributed by atoms with Crippen molar-refractivity contribution in [3.63, 3.8) is 0 Å². The molecule has 0 aromatic carbocycles. The van der Waals surface area contributed by atoms with Crippen LogP contribution < -0.4 is 0 Å². The van der Waals surface area contributed by atoms with Crippen molar-refractivity contribution < 1.29 is 9.30 Å². The lowest BCUT2D eigenvalue weighted by Crippen LogP contribution is -1.96. The van der Waals surface area contributed by atoms with Crippen LogP contribution in [-0.4, -0.2) is 33.6 Å². The summed E-state index contributed by atoms with van der Waals surface area (Å²) in [4.78, 5) is 0. The molecule has 1 fully saturated rings. The van der Waals surface area contributed by atoms with Crippen molar-refractivity contribution in [2.75, 3.05) is 19.7 Å². The van der Waals surface area contributed by atoms with Gasteiger partial charge < -0.3 is 9.30 Å². The zero-order valence-electron chi connectivity index (χ0n) is 6.91. The summed E-state index contributed by atoms with van der Waals surface area (Å²) in [5.74, 6) is 1.57. The van der Waals surface area contributed by atoms with E-state index < -0.39 is 7.14 Å². The summed E-state index contributed by atoms with van der Waals surface area (Å²) in [6.07, 6.45) is 1.44. The first-order valence-electron chi connectivity index (χ1n) is 3.59. The first-order valence-corrected chi connectivity index (χ1v) is 6.38. The normalized spacial score (nSPS) is 27.5. The Labute approximate surface area is 68.8 Å². The van der Waals surface area contributed by atoms with Gasteiger partial charge in [0.2, 0.25) is 0 Å². The van der Waals surface area contributed by atoms with Crippen LogP contribution in [0.15, 0.2) is 11.5 Å². The molecule has 1 aliphatic rings. The highest BCUT2D eigenvalue weighted by Crippen LogP contribution is 2.40. The van der Waals surface area contributed by atoms with E-state index in [1.807, 2.05) is 0 Å². The van der Waals surface area contributed by atoms with Crippen LogP contribution >= 0.6 is 7.14 Å². The molecule has 1 unspecified atom stereocenters. The molecule has 60 valence electrons. The predicted octanol–water partition coefficient (Wildman–Crippen LogP) is 1.41. The Bertz CT molecular complexity index is 218.